The number of carbonyl (C=O) groups is 3. The van der Waals surface area contributed by atoms with Crippen molar-refractivity contribution in [2.45, 2.75) is 65.8 Å². The van der Waals surface area contributed by atoms with Crippen LogP contribution in [0.3, 0.4) is 0 Å². The van der Waals surface area contributed by atoms with E-state index in [1.807, 2.05) is 67.1 Å². The van der Waals surface area contributed by atoms with Gasteiger partial charge in [0.25, 0.3) is 0 Å². The molecular weight excluding hydrogens is 615 g/mol. The predicted octanol–water partition coefficient (Wildman–Crippen LogP) is 3.62. The summed E-state index contributed by atoms with van der Waals surface area (Å²) < 4.78 is 5.75. The minimum Gasteiger partial charge on any atom is -0.415 e. The molecule has 196 valence electrons. The van der Waals surface area contributed by atoms with Gasteiger partial charge < -0.3 is 24.8 Å². The largest absolute Gasteiger partial charge is 0.415 e. The van der Waals surface area contributed by atoms with E-state index in [1.165, 1.54) is 21.0 Å². The molecule has 1 aliphatic rings. The quantitative estimate of drug-likeness (QED) is 0.296. The summed E-state index contributed by atoms with van der Waals surface area (Å²) in [6.45, 7) is 9.06. The normalized spacial score (nSPS) is 18.6. The third-order valence-electron chi connectivity index (χ3n) is 5.97. The van der Waals surface area contributed by atoms with Crippen LogP contribution in [0, 0.1) is 12.3 Å². The second kappa shape index (κ2) is 12.1. The molecule has 0 spiro atoms. The highest BCUT2D eigenvalue weighted by molar-refractivity contribution is 14.2. The fourth-order valence-corrected chi connectivity index (χ4v) is 5.76. The summed E-state index contributed by atoms with van der Waals surface area (Å²) in [7, 11) is 1.18. The molecule has 0 unspecified atom stereocenters. The van der Waals surface area contributed by atoms with Crippen LogP contribution in [0.25, 0.3) is 10.4 Å². The Morgan fingerprint density at radius 1 is 1.36 bits per heavy atom. The van der Waals surface area contributed by atoms with Gasteiger partial charge in [0.05, 0.1) is 22.2 Å². The summed E-state index contributed by atoms with van der Waals surface area (Å²) >= 11 is 3.59. The summed E-state index contributed by atoms with van der Waals surface area (Å²) in [6, 6.07) is 4.12. The average molecular weight is 647 g/mol. The zero-order valence-electron chi connectivity index (χ0n) is 20.8. The lowest BCUT2D eigenvalue weighted by Crippen LogP contribution is -2.57. The number of β-amino-alcohol motifs (C(OH)–C–C–N with tert-alkyl or cyclic N) is 1. The zero-order valence-corrected chi connectivity index (χ0v) is 24.6. The number of benzene rings is 1. The fraction of sp³-hybridized carbons (Fsp3) is 0.500. The minimum absolute atomic E-state index is 0.0335. The van der Waals surface area contributed by atoms with Gasteiger partial charge in [-0.3, -0.25) is 14.4 Å². The Hall–Kier alpha value is -1.90. The number of aryl methyl sites for hydroxylation is 1. The van der Waals surface area contributed by atoms with E-state index in [9.17, 15) is 19.5 Å². The molecule has 9 nitrogen and oxygen atoms in total. The van der Waals surface area contributed by atoms with Crippen molar-refractivity contribution in [3.05, 3.63) is 35.0 Å². The number of rotatable bonds is 8. The maximum atomic E-state index is 13.4. The molecule has 0 radical (unpaired) electrons. The lowest BCUT2D eigenvalue weighted by molar-refractivity contribution is -0.143. The molecule has 0 saturated carbocycles. The summed E-state index contributed by atoms with van der Waals surface area (Å²) in [5.41, 5.74) is 3.92. The summed E-state index contributed by atoms with van der Waals surface area (Å²) in [4.78, 5) is 45.0. The molecule has 3 atom stereocenters. The van der Waals surface area contributed by atoms with Crippen LogP contribution in [-0.2, 0) is 20.9 Å². The first-order chi connectivity index (χ1) is 16.9. The number of hydrogen-bond acceptors (Lipinski definition) is 8. The van der Waals surface area contributed by atoms with Gasteiger partial charge in [-0.1, -0.05) is 32.9 Å². The van der Waals surface area contributed by atoms with Crippen LogP contribution in [0.4, 0.5) is 0 Å². The molecule has 0 aliphatic carbocycles. The molecule has 1 fully saturated rings. The number of aliphatic hydroxyl groups excluding tert-OH is 1. The van der Waals surface area contributed by atoms with E-state index in [4.69, 9.17) is 4.18 Å². The molecule has 1 aromatic heterocycles. The van der Waals surface area contributed by atoms with Crippen molar-refractivity contribution >= 4 is 59.5 Å². The monoisotopic (exact) mass is 646 g/mol. The Kier molecular flexibility index (Phi) is 9.63. The number of aliphatic hydroxyl groups is 1. The number of halogens is 1. The van der Waals surface area contributed by atoms with Gasteiger partial charge in [-0.05, 0) is 24.0 Å². The van der Waals surface area contributed by atoms with Crippen LogP contribution >= 0.6 is 41.8 Å². The Labute approximate surface area is 231 Å². The van der Waals surface area contributed by atoms with Gasteiger partial charge in [0.2, 0.25) is 17.7 Å². The van der Waals surface area contributed by atoms with Gasteiger partial charge in [0, 0.05) is 53.2 Å². The third kappa shape index (κ3) is 6.90. The molecule has 2 heterocycles. The Morgan fingerprint density at radius 3 is 2.67 bits per heavy atom. The maximum absolute atomic E-state index is 13.4. The van der Waals surface area contributed by atoms with Crippen molar-refractivity contribution in [2.75, 3.05) is 6.54 Å². The second-order valence-electron chi connectivity index (χ2n) is 9.85. The first-order valence-corrected chi connectivity index (χ1v) is 15.6. The van der Waals surface area contributed by atoms with Gasteiger partial charge in [-0.15, -0.1) is 11.3 Å². The number of aromatic nitrogens is 1. The van der Waals surface area contributed by atoms with Crippen molar-refractivity contribution in [1.82, 2.24) is 20.5 Å². The van der Waals surface area contributed by atoms with E-state index in [1.54, 1.807) is 16.8 Å². The molecule has 1 aromatic carbocycles. The number of thiazole rings is 1. The summed E-state index contributed by atoms with van der Waals surface area (Å²) in [5.74, 6) is -0.464. The van der Waals surface area contributed by atoms with Gasteiger partial charge in [-0.2, -0.15) is 0 Å². The van der Waals surface area contributed by atoms with E-state index in [2.05, 4.69) is 15.6 Å². The van der Waals surface area contributed by atoms with E-state index in [0.717, 1.165) is 21.7 Å². The van der Waals surface area contributed by atoms with Crippen molar-refractivity contribution in [1.29, 1.82) is 0 Å². The third-order valence-corrected chi connectivity index (χ3v) is 7.73. The summed E-state index contributed by atoms with van der Waals surface area (Å²) in [5, 5.41) is 15.9. The van der Waals surface area contributed by atoms with Crippen molar-refractivity contribution in [3.8, 4) is 16.2 Å². The SMILES string of the molecule is CC(=O)N[C@@H](C(=O)N1C[C@@H](O)C[C@@H]1C(=O)NCc1ccc(-c2scnc2C)cc1OSI)C(C)(C)C. The fourth-order valence-electron chi connectivity index (χ4n) is 4.16. The number of hydrogen-bond donors (Lipinski definition) is 3. The number of carbonyl (C=O) groups excluding carboxylic acids is 3. The lowest BCUT2D eigenvalue weighted by atomic mass is 9.85. The number of amides is 3. The Bertz CT molecular complexity index is 1120. The summed E-state index contributed by atoms with van der Waals surface area (Å²) in [6.07, 6.45) is -0.690. The van der Waals surface area contributed by atoms with Gasteiger partial charge in [0.1, 0.15) is 27.0 Å². The number of likely N-dealkylation sites (tertiary alicyclic amines) is 1. The van der Waals surface area contributed by atoms with E-state index in [-0.39, 0.29) is 37.2 Å². The highest BCUT2D eigenvalue weighted by Gasteiger charge is 2.44. The molecule has 1 aliphatic heterocycles. The standard InChI is InChI=1S/C24H31IN4O5S2/c1-13-20(35-12-27-13)15-6-7-16(19(8-15)34-36-25)10-26-22(32)18-9-17(31)11-29(18)23(33)21(24(3,4)5)28-14(2)30/h6-8,12,17-18,21,31H,9-11H2,1-5H3,(H,26,32)(H,28,30)/t17-,18+,21-/m0/s1. The molecule has 36 heavy (non-hydrogen) atoms. The van der Waals surface area contributed by atoms with Crippen molar-refractivity contribution in [3.63, 3.8) is 0 Å². The maximum Gasteiger partial charge on any atom is 0.246 e. The van der Waals surface area contributed by atoms with Crippen molar-refractivity contribution in [2.24, 2.45) is 5.41 Å². The highest BCUT2D eigenvalue weighted by atomic mass is 127. The van der Waals surface area contributed by atoms with Crippen LogP contribution in [0.1, 0.15) is 45.4 Å². The Balaban J connectivity index is 1.76. The Morgan fingerprint density at radius 2 is 2.08 bits per heavy atom. The molecule has 0 bridgehead atoms. The molecule has 3 N–H and O–H groups in total. The van der Waals surface area contributed by atoms with E-state index < -0.39 is 23.6 Å². The number of nitrogens with one attached hydrogen (secondary N) is 2. The van der Waals surface area contributed by atoms with Crippen LogP contribution in [0.5, 0.6) is 5.75 Å². The smallest absolute Gasteiger partial charge is 0.246 e. The first kappa shape index (κ1) is 28.7. The van der Waals surface area contributed by atoms with Gasteiger partial charge in [-0.25, -0.2) is 4.98 Å². The molecule has 1 saturated heterocycles. The molecule has 3 rings (SSSR count). The highest BCUT2D eigenvalue weighted by Crippen LogP contribution is 2.34. The average Bonchev–Trinajstić information content (AvgIpc) is 3.40. The van der Waals surface area contributed by atoms with Gasteiger partial charge in [0.15, 0.2) is 0 Å². The number of nitrogens with zero attached hydrogens (tertiary/aromatic N) is 2. The molecule has 3 amide bonds. The van der Waals surface area contributed by atoms with Crippen LogP contribution in [0.2, 0.25) is 0 Å². The second-order valence-corrected chi connectivity index (χ2v) is 12.1. The van der Waals surface area contributed by atoms with E-state index in [0.29, 0.717) is 5.75 Å². The van der Waals surface area contributed by atoms with Crippen molar-refractivity contribution < 1.29 is 23.7 Å². The molecule has 12 heteroatoms. The van der Waals surface area contributed by atoms with Crippen LogP contribution in [-0.4, -0.2) is 57.4 Å². The molecule has 2 aromatic rings. The first-order valence-electron chi connectivity index (χ1n) is 11.4. The zero-order chi connectivity index (χ0) is 26.6. The minimum atomic E-state index is -0.839. The lowest BCUT2D eigenvalue weighted by Gasteiger charge is -2.35. The van der Waals surface area contributed by atoms with Gasteiger partial charge >= 0.3 is 0 Å². The topological polar surface area (TPSA) is 121 Å². The van der Waals surface area contributed by atoms with Crippen LogP contribution < -0.4 is 14.8 Å². The van der Waals surface area contributed by atoms with E-state index >= 15 is 0 Å². The molecular formula is C24H31IN4O5S2. The predicted molar refractivity (Wildman–Crippen MR) is 150 cm³/mol. The van der Waals surface area contributed by atoms with Crippen LogP contribution in [0.15, 0.2) is 23.7 Å².